The fourth-order valence-corrected chi connectivity index (χ4v) is 3.56. The summed E-state index contributed by atoms with van der Waals surface area (Å²) in [6.07, 6.45) is 1.06. The highest BCUT2D eigenvalue weighted by molar-refractivity contribution is 6.31. The molecule has 1 heterocycles. The zero-order valence-corrected chi connectivity index (χ0v) is 18.4. The van der Waals surface area contributed by atoms with E-state index in [0.29, 0.717) is 23.1 Å². The number of rotatable bonds is 11. The van der Waals surface area contributed by atoms with E-state index in [2.05, 4.69) is 10.2 Å². The average Bonchev–Trinajstić information content (AvgIpc) is 2.79. The molecule has 0 aromatic heterocycles. The molecular weight excluding hydrogens is 422 g/mol. The highest BCUT2D eigenvalue weighted by Gasteiger charge is 2.12. The number of nitro benzene ring substituents is 1. The van der Waals surface area contributed by atoms with Crippen LogP contribution in [0.1, 0.15) is 17.5 Å². The lowest BCUT2D eigenvalue weighted by atomic mass is 10.2. The van der Waals surface area contributed by atoms with Crippen LogP contribution < -0.4 is 14.8 Å². The molecule has 168 valence electrons. The van der Waals surface area contributed by atoms with Gasteiger partial charge in [0.05, 0.1) is 25.2 Å². The highest BCUT2D eigenvalue weighted by atomic mass is 35.5. The molecule has 1 N–H and O–H groups in total. The summed E-state index contributed by atoms with van der Waals surface area (Å²) in [5.41, 5.74) is 1.80. The molecule has 3 rings (SSSR count). The van der Waals surface area contributed by atoms with E-state index in [4.69, 9.17) is 25.8 Å². The van der Waals surface area contributed by atoms with Gasteiger partial charge < -0.3 is 19.5 Å². The van der Waals surface area contributed by atoms with E-state index in [-0.39, 0.29) is 12.3 Å². The second-order valence-electron chi connectivity index (χ2n) is 7.29. The highest BCUT2D eigenvalue weighted by Crippen LogP contribution is 2.34. The molecule has 0 aliphatic carbocycles. The summed E-state index contributed by atoms with van der Waals surface area (Å²) in [4.78, 5) is 12.7. The maximum atomic E-state index is 10.8. The van der Waals surface area contributed by atoms with Crippen LogP contribution in [-0.2, 0) is 17.9 Å². The van der Waals surface area contributed by atoms with Crippen LogP contribution in [0.4, 0.5) is 5.69 Å². The molecule has 0 unspecified atom stereocenters. The van der Waals surface area contributed by atoms with Gasteiger partial charge in [-0.1, -0.05) is 11.6 Å². The van der Waals surface area contributed by atoms with E-state index in [1.165, 1.54) is 12.1 Å². The summed E-state index contributed by atoms with van der Waals surface area (Å²) in [5, 5.41) is 14.8. The van der Waals surface area contributed by atoms with E-state index < -0.39 is 4.92 Å². The molecule has 8 nitrogen and oxygen atoms in total. The summed E-state index contributed by atoms with van der Waals surface area (Å²) >= 11 is 6.46. The number of hydrogen-bond donors (Lipinski definition) is 1. The third-order valence-electron chi connectivity index (χ3n) is 5.12. The van der Waals surface area contributed by atoms with Gasteiger partial charge in [0.1, 0.15) is 6.61 Å². The van der Waals surface area contributed by atoms with Crippen LogP contribution in [0.5, 0.6) is 11.5 Å². The SMILES string of the molecule is COc1cc(CNCCCN2CCOCC2)c(Cl)cc1OCc1ccc([N+](=O)[O-])cc1. The molecule has 2 aromatic rings. The summed E-state index contributed by atoms with van der Waals surface area (Å²) in [6.45, 7) is 6.50. The van der Waals surface area contributed by atoms with Crippen LogP contribution in [0.25, 0.3) is 0 Å². The molecule has 1 aliphatic rings. The van der Waals surface area contributed by atoms with Crippen LogP contribution >= 0.6 is 11.6 Å². The Morgan fingerprint density at radius 3 is 2.61 bits per heavy atom. The minimum absolute atomic E-state index is 0.0474. The smallest absolute Gasteiger partial charge is 0.269 e. The normalized spacial score (nSPS) is 14.4. The number of benzene rings is 2. The van der Waals surface area contributed by atoms with E-state index >= 15 is 0 Å². The molecule has 0 bridgehead atoms. The molecule has 31 heavy (non-hydrogen) atoms. The van der Waals surface area contributed by atoms with Crippen LogP contribution in [0.3, 0.4) is 0 Å². The van der Waals surface area contributed by atoms with Gasteiger partial charge in [-0.25, -0.2) is 0 Å². The average molecular weight is 450 g/mol. The fraction of sp³-hybridized carbons (Fsp3) is 0.455. The van der Waals surface area contributed by atoms with Gasteiger partial charge in [-0.05, 0) is 48.8 Å². The Bertz CT molecular complexity index is 857. The van der Waals surface area contributed by atoms with Crippen LogP contribution in [0.2, 0.25) is 5.02 Å². The van der Waals surface area contributed by atoms with Crippen molar-refractivity contribution >= 4 is 17.3 Å². The van der Waals surface area contributed by atoms with Gasteiger partial charge in [0.15, 0.2) is 11.5 Å². The van der Waals surface area contributed by atoms with Gasteiger partial charge in [0.2, 0.25) is 0 Å². The molecule has 9 heteroatoms. The summed E-state index contributed by atoms with van der Waals surface area (Å²) < 4.78 is 16.7. The minimum atomic E-state index is -0.428. The van der Waals surface area contributed by atoms with Crippen molar-refractivity contribution in [3.63, 3.8) is 0 Å². The van der Waals surface area contributed by atoms with Crippen molar-refractivity contribution in [1.29, 1.82) is 0 Å². The van der Waals surface area contributed by atoms with Crippen molar-refractivity contribution in [3.8, 4) is 11.5 Å². The number of non-ortho nitro benzene ring substituents is 1. The molecule has 0 amide bonds. The number of halogens is 1. The number of nitrogens with zero attached hydrogens (tertiary/aromatic N) is 2. The molecular formula is C22H28ClN3O5. The number of hydrogen-bond acceptors (Lipinski definition) is 7. The van der Waals surface area contributed by atoms with Crippen LogP contribution in [0, 0.1) is 10.1 Å². The number of ether oxygens (including phenoxy) is 3. The predicted molar refractivity (Wildman–Crippen MR) is 119 cm³/mol. The first-order valence-electron chi connectivity index (χ1n) is 10.3. The Morgan fingerprint density at radius 1 is 1.19 bits per heavy atom. The Kier molecular flexibility index (Phi) is 8.90. The molecule has 1 saturated heterocycles. The zero-order chi connectivity index (χ0) is 22.1. The molecule has 1 fully saturated rings. The van der Waals surface area contributed by atoms with Crippen LogP contribution in [-0.4, -0.2) is 56.3 Å². The van der Waals surface area contributed by atoms with E-state index in [9.17, 15) is 10.1 Å². The topological polar surface area (TPSA) is 86.1 Å². The number of morpholine rings is 1. The molecule has 0 radical (unpaired) electrons. The second-order valence-corrected chi connectivity index (χ2v) is 7.70. The van der Waals surface area contributed by atoms with E-state index in [0.717, 1.165) is 56.9 Å². The lowest BCUT2D eigenvalue weighted by Crippen LogP contribution is -2.37. The van der Waals surface area contributed by atoms with Crippen molar-refractivity contribution in [2.75, 3.05) is 46.5 Å². The maximum absolute atomic E-state index is 10.8. The van der Waals surface area contributed by atoms with E-state index in [1.54, 1.807) is 25.3 Å². The lowest BCUT2D eigenvalue weighted by molar-refractivity contribution is -0.384. The van der Waals surface area contributed by atoms with Gasteiger partial charge in [-0.15, -0.1) is 0 Å². The maximum Gasteiger partial charge on any atom is 0.269 e. The standard InChI is InChI=1S/C22H28ClN3O5/c1-29-21-13-18(15-24-7-2-8-25-9-11-30-12-10-25)20(23)14-22(21)31-16-17-3-5-19(6-4-17)26(27)28/h3-6,13-14,24H,2,7-12,15-16H2,1H3. The third kappa shape index (κ3) is 7.07. The van der Waals surface area contributed by atoms with E-state index in [1.807, 2.05) is 6.07 Å². The second kappa shape index (κ2) is 11.9. The molecule has 0 spiro atoms. The van der Waals surface area contributed by atoms with Gasteiger partial charge in [0.25, 0.3) is 5.69 Å². The molecule has 1 aliphatic heterocycles. The van der Waals surface area contributed by atoms with Gasteiger partial charge in [-0.3, -0.25) is 15.0 Å². The van der Waals surface area contributed by atoms with Crippen molar-refractivity contribution in [1.82, 2.24) is 10.2 Å². The largest absolute Gasteiger partial charge is 0.493 e. The lowest BCUT2D eigenvalue weighted by Gasteiger charge is -2.26. The van der Waals surface area contributed by atoms with Crippen LogP contribution in [0.15, 0.2) is 36.4 Å². The monoisotopic (exact) mass is 449 g/mol. The van der Waals surface area contributed by atoms with Gasteiger partial charge in [0, 0.05) is 42.9 Å². The Labute approximate surface area is 187 Å². The summed E-state index contributed by atoms with van der Waals surface area (Å²) in [7, 11) is 1.58. The first-order chi connectivity index (χ1) is 15.1. The van der Waals surface area contributed by atoms with Crippen molar-refractivity contribution in [2.24, 2.45) is 0 Å². The summed E-state index contributed by atoms with van der Waals surface area (Å²) in [5.74, 6) is 1.12. The van der Waals surface area contributed by atoms with Crippen molar-refractivity contribution < 1.29 is 19.1 Å². The molecule has 2 aromatic carbocycles. The molecule has 0 atom stereocenters. The number of methoxy groups -OCH3 is 1. The zero-order valence-electron chi connectivity index (χ0n) is 17.6. The van der Waals surface area contributed by atoms with Crippen molar-refractivity contribution in [3.05, 3.63) is 62.7 Å². The van der Waals surface area contributed by atoms with Gasteiger partial charge in [-0.2, -0.15) is 0 Å². The number of nitro groups is 1. The van der Waals surface area contributed by atoms with Gasteiger partial charge >= 0.3 is 0 Å². The minimum Gasteiger partial charge on any atom is -0.493 e. The summed E-state index contributed by atoms with van der Waals surface area (Å²) in [6, 6.07) is 9.87. The predicted octanol–water partition coefficient (Wildman–Crippen LogP) is 3.65. The quantitative estimate of drug-likeness (QED) is 0.318. The number of nitrogens with one attached hydrogen (secondary N) is 1. The fourth-order valence-electron chi connectivity index (χ4n) is 3.34. The van der Waals surface area contributed by atoms with Crippen molar-refractivity contribution in [2.45, 2.75) is 19.6 Å². The molecule has 0 saturated carbocycles. The Balaban J connectivity index is 1.49. The third-order valence-corrected chi connectivity index (χ3v) is 5.47. The Hall–Kier alpha value is -2.39. The first-order valence-corrected chi connectivity index (χ1v) is 10.7. The first kappa shape index (κ1) is 23.3. The Morgan fingerprint density at radius 2 is 1.94 bits per heavy atom.